The van der Waals surface area contributed by atoms with Crippen LogP contribution >= 0.6 is 0 Å². The first kappa shape index (κ1) is 11.2. The average molecular weight is 266 g/mol. The first-order chi connectivity index (χ1) is 9.83. The Balaban J connectivity index is 1.78. The van der Waals surface area contributed by atoms with Crippen molar-refractivity contribution in [2.24, 2.45) is 0 Å². The standard InChI is InChI=1S/C14H14N6/c15-14-11-3-4-16-7-10(11)1-2-12(14)19-5-6-20-9-17-18-13(20)8-19/h1-4,7,9H,5-6,8,15H2. The van der Waals surface area contributed by atoms with E-state index in [0.29, 0.717) is 0 Å². The van der Waals surface area contributed by atoms with Crippen LogP contribution in [0.5, 0.6) is 0 Å². The normalized spacial score (nSPS) is 14.5. The van der Waals surface area contributed by atoms with Crippen molar-refractivity contribution in [2.75, 3.05) is 17.2 Å². The maximum atomic E-state index is 6.33. The molecule has 2 aromatic heterocycles. The Kier molecular flexibility index (Phi) is 2.35. The zero-order chi connectivity index (χ0) is 13.5. The zero-order valence-corrected chi connectivity index (χ0v) is 10.9. The molecule has 0 radical (unpaired) electrons. The van der Waals surface area contributed by atoms with Gasteiger partial charge in [0, 0.05) is 36.3 Å². The van der Waals surface area contributed by atoms with Crippen LogP contribution in [0.1, 0.15) is 5.82 Å². The Hall–Kier alpha value is -2.63. The van der Waals surface area contributed by atoms with Crippen LogP contribution < -0.4 is 10.6 Å². The van der Waals surface area contributed by atoms with Gasteiger partial charge in [-0.3, -0.25) is 4.98 Å². The lowest BCUT2D eigenvalue weighted by molar-refractivity contribution is 0.560. The molecule has 4 rings (SSSR count). The van der Waals surface area contributed by atoms with Gasteiger partial charge in [0.05, 0.1) is 17.9 Å². The second-order valence-electron chi connectivity index (χ2n) is 4.96. The molecule has 0 saturated carbocycles. The summed E-state index contributed by atoms with van der Waals surface area (Å²) in [6.07, 6.45) is 5.39. The largest absolute Gasteiger partial charge is 0.397 e. The summed E-state index contributed by atoms with van der Waals surface area (Å²) in [5, 5.41) is 10.2. The maximum Gasteiger partial charge on any atom is 0.152 e. The van der Waals surface area contributed by atoms with Gasteiger partial charge < -0.3 is 15.2 Å². The Morgan fingerprint density at radius 3 is 3.05 bits per heavy atom. The molecular formula is C14H14N6. The summed E-state index contributed by atoms with van der Waals surface area (Å²) in [5.74, 6) is 0.977. The molecule has 6 nitrogen and oxygen atoms in total. The highest BCUT2D eigenvalue weighted by Gasteiger charge is 2.19. The monoisotopic (exact) mass is 266 g/mol. The van der Waals surface area contributed by atoms with Crippen LogP contribution in [0.15, 0.2) is 36.9 Å². The molecule has 6 heteroatoms. The lowest BCUT2D eigenvalue weighted by Crippen LogP contribution is -2.34. The highest BCUT2D eigenvalue weighted by atomic mass is 15.3. The molecule has 0 spiro atoms. The number of aromatic nitrogens is 4. The van der Waals surface area contributed by atoms with Gasteiger partial charge in [-0.1, -0.05) is 6.07 Å². The molecule has 0 fully saturated rings. The molecule has 1 aliphatic heterocycles. The van der Waals surface area contributed by atoms with Crippen molar-refractivity contribution in [1.29, 1.82) is 0 Å². The van der Waals surface area contributed by atoms with E-state index >= 15 is 0 Å². The number of hydrogen-bond acceptors (Lipinski definition) is 5. The Bertz CT molecular complexity index is 778. The molecule has 100 valence electrons. The molecule has 3 aromatic rings. The van der Waals surface area contributed by atoms with E-state index in [-0.39, 0.29) is 0 Å². The van der Waals surface area contributed by atoms with Gasteiger partial charge in [-0.15, -0.1) is 10.2 Å². The highest BCUT2D eigenvalue weighted by molar-refractivity contribution is 5.98. The molecule has 3 heterocycles. The van der Waals surface area contributed by atoms with Crippen molar-refractivity contribution in [3.63, 3.8) is 0 Å². The van der Waals surface area contributed by atoms with Gasteiger partial charge in [-0.05, 0) is 12.1 Å². The fourth-order valence-corrected chi connectivity index (χ4v) is 2.73. The summed E-state index contributed by atoms with van der Waals surface area (Å²) < 4.78 is 2.08. The van der Waals surface area contributed by atoms with Gasteiger partial charge in [-0.2, -0.15) is 0 Å². The van der Waals surface area contributed by atoms with E-state index in [2.05, 4.69) is 36.8 Å². The maximum absolute atomic E-state index is 6.33. The molecule has 0 unspecified atom stereocenters. The van der Waals surface area contributed by atoms with E-state index in [1.807, 2.05) is 12.3 Å². The number of benzene rings is 1. The van der Waals surface area contributed by atoms with Crippen molar-refractivity contribution >= 4 is 22.1 Å². The van der Waals surface area contributed by atoms with Crippen LogP contribution in [0, 0.1) is 0 Å². The van der Waals surface area contributed by atoms with E-state index in [1.54, 1.807) is 12.5 Å². The number of nitrogen functional groups attached to an aromatic ring is 1. The van der Waals surface area contributed by atoms with Gasteiger partial charge in [-0.25, -0.2) is 0 Å². The van der Waals surface area contributed by atoms with Crippen LogP contribution in [-0.2, 0) is 13.1 Å². The molecular weight excluding hydrogens is 252 g/mol. The molecule has 0 aliphatic carbocycles. The van der Waals surface area contributed by atoms with Gasteiger partial charge in [0.15, 0.2) is 5.82 Å². The minimum absolute atomic E-state index is 0.737. The number of anilines is 2. The molecule has 0 bridgehead atoms. The number of rotatable bonds is 1. The second kappa shape index (κ2) is 4.19. The quantitative estimate of drug-likeness (QED) is 0.674. The van der Waals surface area contributed by atoms with Gasteiger partial charge in [0.25, 0.3) is 0 Å². The summed E-state index contributed by atoms with van der Waals surface area (Å²) in [6.45, 7) is 2.53. The van der Waals surface area contributed by atoms with Crippen LogP contribution in [0.3, 0.4) is 0 Å². The van der Waals surface area contributed by atoms with E-state index in [4.69, 9.17) is 5.73 Å². The Labute approximate surface area is 115 Å². The van der Waals surface area contributed by atoms with E-state index in [1.165, 1.54) is 0 Å². The van der Waals surface area contributed by atoms with Crippen LogP contribution in [-0.4, -0.2) is 26.3 Å². The van der Waals surface area contributed by atoms with Crippen LogP contribution in [0.2, 0.25) is 0 Å². The van der Waals surface area contributed by atoms with Gasteiger partial charge >= 0.3 is 0 Å². The topological polar surface area (TPSA) is 72.9 Å². The van der Waals surface area contributed by atoms with Crippen LogP contribution in [0.25, 0.3) is 10.8 Å². The number of fused-ring (bicyclic) bond motifs is 2. The van der Waals surface area contributed by atoms with Crippen molar-refractivity contribution in [3.05, 3.63) is 42.7 Å². The van der Waals surface area contributed by atoms with Gasteiger partial charge in [0.2, 0.25) is 0 Å². The number of nitrogens with zero attached hydrogens (tertiary/aromatic N) is 5. The Morgan fingerprint density at radius 1 is 1.15 bits per heavy atom. The van der Waals surface area contributed by atoms with Crippen molar-refractivity contribution in [3.8, 4) is 0 Å². The Morgan fingerprint density at radius 2 is 2.10 bits per heavy atom. The third-order valence-corrected chi connectivity index (χ3v) is 3.82. The van der Waals surface area contributed by atoms with Crippen molar-refractivity contribution in [1.82, 2.24) is 19.7 Å². The molecule has 1 aromatic carbocycles. The lowest BCUT2D eigenvalue weighted by Gasteiger charge is -2.30. The van der Waals surface area contributed by atoms with Crippen molar-refractivity contribution in [2.45, 2.75) is 13.1 Å². The lowest BCUT2D eigenvalue weighted by atomic mass is 10.1. The fraction of sp³-hybridized carbons (Fsp3) is 0.214. The second-order valence-corrected chi connectivity index (χ2v) is 4.96. The number of nitrogens with two attached hydrogens (primary N) is 1. The molecule has 1 aliphatic rings. The third-order valence-electron chi connectivity index (χ3n) is 3.82. The van der Waals surface area contributed by atoms with E-state index in [0.717, 1.165) is 47.6 Å². The first-order valence-corrected chi connectivity index (χ1v) is 6.57. The minimum atomic E-state index is 0.737. The smallest absolute Gasteiger partial charge is 0.152 e. The van der Waals surface area contributed by atoms with E-state index < -0.39 is 0 Å². The number of hydrogen-bond donors (Lipinski definition) is 1. The molecule has 20 heavy (non-hydrogen) atoms. The first-order valence-electron chi connectivity index (χ1n) is 6.57. The predicted octanol–water partition coefficient (Wildman–Crippen LogP) is 1.43. The average Bonchev–Trinajstić information content (AvgIpc) is 2.95. The zero-order valence-electron chi connectivity index (χ0n) is 10.9. The third kappa shape index (κ3) is 1.61. The predicted molar refractivity (Wildman–Crippen MR) is 77.2 cm³/mol. The SMILES string of the molecule is Nc1c(N2CCn3cnnc3C2)ccc2cnccc12. The fourth-order valence-electron chi connectivity index (χ4n) is 2.73. The molecule has 0 atom stereocenters. The van der Waals surface area contributed by atoms with E-state index in [9.17, 15) is 0 Å². The minimum Gasteiger partial charge on any atom is -0.397 e. The number of pyridine rings is 1. The summed E-state index contributed by atoms with van der Waals surface area (Å²) >= 11 is 0. The van der Waals surface area contributed by atoms with Gasteiger partial charge in [0.1, 0.15) is 6.33 Å². The van der Waals surface area contributed by atoms with Crippen LogP contribution in [0.4, 0.5) is 11.4 Å². The molecule has 0 amide bonds. The van der Waals surface area contributed by atoms with Crippen molar-refractivity contribution < 1.29 is 0 Å². The highest BCUT2D eigenvalue weighted by Crippen LogP contribution is 2.32. The summed E-state index contributed by atoms with van der Waals surface area (Å²) in [4.78, 5) is 6.38. The molecule has 0 saturated heterocycles. The summed E-state index contributed by atoms with van der Waals surface area (Å²) in [7, 11) is 0. The summed E-state index contributed by atoms with van der Waals surface area (Å²) in [6, 6.07) is 6.08. The summed E-state index contributed by atoms with van der Waals surface area (Å²) in [5.41, 5.74) is 8.19. The molecule has 2 N–H and O–H groups in total.